The minimum Gasteiger partial charge on any atom is -0.342 e. The average molecular weight is 246 g/mol. The fraction of sp³-hybridized carbons (Fsp3) is 0.900. The predicted octanol–water partition coefficient (Wildman–Crippen LogP) is -0.110. The number of carbonyl (C=O) groups is 1. The fourth-order valence-electron chi connectivity index (χ4n) is 2.24. The molecule has 6 heteroatoms. The molecule has 0 unspecified atom stereocenters. The van der Waals surface area contributed by atoms with Crippen molar-refractivity contribution in [3.63, 3.8) is 0 Å². The van der Waals surface area contributed by atoms with Crippen LogP contribution in [0.2, 0.25) is 0 Å². The molecule has 16 heavy (non-hydrogen) atoms. The lowest BCUT2D eigenvalue weighted by Crippen LogP contribution is -2.56. The maximum atomic E-state index is 12.0. The minimum absolute atomic E-state index is 0.104. The van der Waals surface area contributed by atoms with Gasteiger partial charge in [0, 0.05) is 26.2 Å². The third-order valence-electron chi connectivity index (χ3n) is 3.33. The summed E-state index contributed by atoms with van der Waals surface area (Å²) < 4.78 is 23.7. The van der Waals surface area contributed by atoms with Crippen molar-refractivity contribution in [3.8, 4) is 0 Å². The van der Waals surface area contributed by atoms with E-state index < -0.39 is 10.0 Å². The van der Waals surface area contributed by atoms with Crippen molar-refractivity contribution >= 4 is 15.9 Å². The largest absolute Gasteiger partial charge is 0.342 e. The molecule has 2 aliphatic heterocycles. The molecule has 0 aromatic rings. The lowest BCUT2D eigenvalue weighted by Gasteiger charge is -2.39. The Morgan fingerprint density at radius 3 is 2.19 bits per heavy atom. The van der Waals surface area contributed by atoms with E-state index in [9.17, 15) is 13.2 Å². The van der Waals surface area contributed by atoms with Crippen molar-refractivity contribution in [2.75, 3.05) is 32.4 Å². The van der Waals surface area contributed by atoms with E-state index in [1.54, 1.807) is 0 Å². The van der Waals surface area contributed by atoms with Gasteiger partial charge in [-0.05, 0) is 19.3 Å². The Morgan fingerprint density at radius 1 is 1.12 bits per heavy atom. The van der Waals surface area contributed by atoms with Gasteiger partial charge in [-0.1, -0.05) is 0 Å². The van der Waals surface area contributed by atoms with Crippen molar-refractivity contribution in [3.05, 3.63) is 0 Å². The molecule has 0 N–H and O–H groups in total. The molecule has 92 valence electrons. The Labute approximate surface area is 96.5 Å². The highest BCUT2D eigenvalue weighted by atomic mass is 32.2. The molecule has 0 radical (unpaired) electrons. The van der Waals surface area contributed by atoms with Gasteiger partial charge >= 0.3 is 0 Å². The first kappa shape index (κ1) is 11.9. The van der Waals surface area contributed by atoms with E-state index in [-0.39, 0.29) is 11.8 Å². The molecule has 1 amide bonds. The number of hydrogen-bond acceptors (Lipinski definition) is 3. The molecule has 2 saturated heterocycles. The molecule has 5 nitrogen and oxygen atoms in total. The monoisotopic (exact) mass is 246 g/mol. The average Bonchev–Trinajstić information content (AvgIpc) is 2.14. The van der Waals surface area contributed by atoms with Gasteiger partial charge in [0.05, 0.1) is 12.2 Å². The van der Waals surface area contributed by atoms with E-state index in [1.807, 2.05) is 4.90 Å². The number of likely N-dealkylation sites (tertiary alicyclic amines) is 1. The van der Waals surface area contributed by atoms with E-state index in [0.717, 1.165) is 25.9 Å². The van der Waals surface area contributed by atoms with Gasteiger partial charge in [0.1, 0.15) is 0 Å². The second kappa shape index (κ2) is 4.33. The van der Waals surface area contributed by atoms with E-state index in [2.05, 4.69) is 0 Å². The van der Waals surface area contributed by atoms with Crippen LogP contribution in [-0.4, -0.2) is 56.0 Å². The van der Waals surface area contributed by atoms with Gasteiger partial charge in [-0.25, -0.2) is 12.7 Å². The van der Waals surface area contributed by atoms with Crippen LogP contribution in [0.1, 0.15) is 19.3 Å². The van der Waals surface area contributed by atoms with Crippen LogP contribution in [0.5, 0.6) is 0 Å². The van der Waals surface area contributed by atoms with Crippen LogP contribution in [0.25, 0.3) is 0 Å². The predicted molar refractivity (Wildman–Crippen MR) is 60.3 cm³/mol. The van der Waals surface area contributed by atoms with Gasteiger partial charge in [-0.2, -0.15) is 0 Å². The summed E-state index contributed by atoms with van der Waals surface area (Å²) in [6, 6.07) is 0. The summed E-state index contributed by atoms with van der Waals surface area (Å²) in [5.41, 5.74) is 0. The fourth-order valence-corrected chi connectivity index (χ4v) is 3.14. The van der Waals surface area contributed by atoms with Crippen LogP contribution >= 0.6 is 0 Å². The van der Waals surface area contributed by atoms with Crippen LogP contribution < -0.4 is 0 Å². The summed E-state index contributed by atoms with van der Waals surface area (Å²) in [6.07, 6.45) is 4.54. The molecule has 0 aromatic heterocycles. The number of sulfonamides is 1. The molecule has 0 aliphatic carbocycles. The first-order valence-corrected chi connectivity index (χ1v) is 7.57. The van der Waals surface area contributed by atoms with Crippen molar-refractivity contribution in [1.29, 1.82) is 0 Å². The van der Waals surface area contributed by atoms with Crippen molar-refractivity contribution < 1.29 is 13.2 Å². The maximum Gasteiger partial charge on any atom is 0.228 e. The molecule has 0 spiro atoms. The number of amides is 1. The molecular formula is C10H18N2O3S. The lowest BCUT2D eigenvalue weighted by atomic mass is 10.00. The van der Waals surface area contributed by atoms with Gasteiger partial charge < -0.3 is 4.90 Å². The van der Waals surface area contributed by atoms with E-state index in [1.165, 1.54) is 17.0 Å². The van der Waals surface area contributed by atoms with Gasteiger partial charge in [0.15, 0.2) is 0 Å². The lowest BCUT2D eigenvalue weighted by molar-refractivity contribution is -0.139. The molecule has 2 rings (SSSR count). The Hall–Kier alpha value is -0.620. The highest BCUT2D eigenvalue weighted by Gasteiger charge is 2.39. The zero-order valence-electron chi connectivity index (χ0n) is 9.55. The molecule has 0 bridgehead atoms. The third kappa shape index (κ3) is 2.38. The standard InChI is InChI=1S/C10H18N2O3S/c1-16(14,15)12-7-9(8-12)10(13)11-5-3-2-4-6-11/h9H,2-8H2,1H3. The zero-order valence-corrected chi connectivity index (χ0v) is 10.4. The number of nitrogens with zero attached hydrogens (tertiary/aromatic N) is 2. The topological polar surface area (TPSA) is 57.7 Å². The summed E-state index contributed by atoms with van der Waals surface area (Å²) >= 11 is 0. The molecule has 0 atom stereocenters. The Bertz CT molecular complexity index is 368. The number of rotatable bonds is 2. The summed E-state index contributed by atoms with van der Waals surface area (Å²) in [5, 5.41) is 0. The van der Waals surface area contributed by atoms with Crippen LogP contribution in [0.3, 0.4) is 0 Å². The van der Waals surface area contributed by atoms with Crippen molar-refractivity contribution in [2.45, 2.75) is 19.3 Å². The van der Waals surface area contributed by atoms with Gasteiger partial charge in [-0.3, -0.25) is 4.79 Å². The van der Waals surface area contributed by atoms with Crippen LogP contribution in [-0.2, 0) is 14.8 Å². The number of piperidine rings is 1. The highest BCUT2D eigenvalue weighted by molar-refractivity contribution is 7.88. The molecule has 0 saturated carbocycles. The van der Waals surface area contributed by atoms with Crippen molar-refractivity contribution in [1.82, 2.24) is 9.21 Å². The van der Waals surface area contributed by atoms with E-state index in [4.69, 9.17) is 0 Å². The number of hydrogen-bond donors (Lipinski definition) is 0. The minimum atomic E-state index is -3.10. The summed E-state index contributed by atoms with van der Waals surface area (Å²) in [6.45, 7) is 2.42. The SMILES string of the molecule is CS(=O)(=O)N1CC(C(=O)N2CCCCC2)C1. The number of carbonyl (C=O) groups excluding carboxylic acids is 1. The second-order valence-corrected chi connectivity index (χ2v) is 6.65. The quantitative estimate of drug-likeness (QED) is 0.683. The molecular weight excluding hydrogens is 228 g/mol. The van der Waals surface area contributed by atoms with Gasteiger partial charge in [0.25, 0.3) is 0 Å². The Kier molecular flexibility index (Phi) is 3.21. The van der Waals surface area contributed by atoms with Crippen molar-refractivity contribution in [2.24, 2.45) is 5.92 Å². The smallest absolute Gasteiger partial charge is 0.228 e. The molecule has 2 heterocycles. The molecule has 2 aliphatic rings. The Balaban J connectivity index is 1.85. The van der Waals surface area contributed by atoms with Crippen LogP contribution in [0, 0.1) is 5.92 Å². The van der Waals surface area contributed by atoms with Gasteiger partial charge in [-0.15, -0.1) is 0 Å². The highest BCUT2D eigenvalue weighted by Crippen LogP contribution is 2.22. The second-order valence-electron chi connectivity index (χ2n) is 4.66. The summed E-state index contributed by atoms with van der Waals surface area (Å²) in [7, 11) is -3.10. The first-order valence-electron chi connectivity index (χ1n) is 5.72. The normalized spacial score (nSPS) is 24.2. The third-order valence-corrected chi connectivity index (χ3v) is 4.57. The van der Waals surface area contributed by atoms with E-state index in [0.29, 0.717) is 13.1 Å². The van der Waals surface area contributed by atoms with Gasteiger partial charge in [0.2, 0.25) is 15.9 Å². The maximum absolute atomic E-state index is 12.0. The summed E-state index contributed by atoms with van der Waals surface area (Å²) in [5.74, 6) is 0.0347. The molecule has 2 fully saturated rings. The van der Waals surface area contributed by atoms with E-state index >= 15 is 0 Å². The Morgan fingerprint density at radius 2 is 1.69 bits per heavy atom. The summed E-state index contributed by atoms with van der Waals surface area (Å²) in [4.78, 5) is 13.8. The molecule has 0 aromatic carbocycles. The first-order chi connectivity index (χ1) is 7.48. The van der Waals surface area contributed by atoms with Crippen LogP contribution in [0.4, 0.5) is 0 Å². The zero-order chi connectivity index (χ0) is 11.8. The van der Waals surface area contributed by atoms with Crippen LogP contribution in [0.15, 0.2) is 0 Å².